The van der Waals surface area contributed by atoms with E-state index < -0.39 is 12.1 Å². The van der Waals surface area contributed by atoms with E-state index in [0.29, 0.717) is 11.4 Å². The lowest BCUT2D eigenvalue weighted by molar-refractivity contribution is 0.259. The first kappa shape index (κ1) is 20.1. The average Bonchev–Trinajstić information content (AvgIpc) is 3.40. The standard InChI is InChI=1S/C23H20N8O2/c1-15-10-11-16(26-22(32)28-30-13-24-17-6-2-4-8-20(17)30)12-19(15)27-23(33)29-31-14-25-18-7-3-5-9-21(18)31/h2-14H,1H3,(H2,26,28,32)(H2,27,29,33). The van der Waals surface area contributed by atoms with E-state index in [0.717, 1.165) is 27.6 Å². The summed E-state index contributed by atoms with van der Waals surface area (Å²) in [4.78, 5) is 33.6. The molecule has 5 aromatic rings. The maximum atomic E-state index is 12.6. The number of para-hydroxylation sites is 4. The van der Waals surface area contributed by atoms with E-state index in [2.05, 4.69) is 31.5 Å². The molecule has 0 aliphatic carbocycles. The van der Waals surface area contributed by atoms with Crippen molar-refractivity contribution in [1.82, 2.24) is 19.3 Å². The molecule has 0 bridgehead atoms. The number of fused-ring (bicyclic) bond motifs is 2. The Morgan fingerprint density at radius 2 is 1.27 bits per heavy atom. The van der Waals surface area contributed by atoms with Gasteiger partial charge in [0.1, 0.15) is 12.7 Å². The third-order valence-corrected chi connectivity index (χ3v) is 5.09. The monoisotopic (exact) mass is 440 g/mol. The molecule has 3 aromatic carbocycles. The fourth-order valence-electron chi connectivity index (χ4n) is 3.46. The minimum Gasteiger partial charge on any atom is -0.306 e. The SMILES string of the molecule is Cc1ccc(NC(=O)Nn2cnc3ccccc32)cc1NC(=O)Nn1cnc2ccccc21. The molecular formula is C23H20N8O2. The number of imidazole rings is 2. The number of rotatable bonds is 4. The summed E-state index contributed by atoms with van der Waals surface area (Å²) in [6.07, 6.45) is 3.08. The van der Waals surface area contributed by atoms with Gasteiger partial charge in [0.25, 0.3) is 0 Å². The number of nitrogens with zero attached hydrogens (tertiary/aromatic N) is 4. The van der Waals surface area contributed by atoms with Crippen molar-refractivity contribution in [3.63, 3.8) is 0 Å². The smallest absolute Gasteiger partial charge is 0.306 e. The molecular weight excluding hydrogens is 420 g/mol. The van der Waals surface area contributed by atoms with Gasteiger partial charge >= 0.3 is 12.1 Å². The van der Waals surface area contributed by atoms with Gasteiger partial charge in [0.15, 0.2) is 0 Å². The number of carbonyl (C=O) groups is 2. The summed E-state index contributed by atoms with van der Waals surface area (Å²) in [6.45, 7) is 1.86. The number of urea groups is 2. The fraction of sp³-hybridized carbons (Fsp3) is 0.0435. The largest absolute Gasteiger partial charge is 0.338 e. The number of nitrogens with one attached hydrogen (secondary N) is 4. The number of benzene rings is 3. The van der Waals surface area contributed by atoms with Crippen molar-refractivity contribution >= 4 is 45.5 Å². The van der Waals surface area contributed by atoms with Gasteiger partial charge in [0, 0.05) is 11.4 Å². The van der Waals surface area contributed by atoms with Crippen LogP contribution >= 0.6 is 0 Å². The van der Waals surface area contributed by atoms with Crippen molar-refractivity contribution in [1.29, 1.82) is 0 Å². The van der Waals surface area contributed by atoms with Crippen molar-refractivity contribution in [3.8, 4) is 0 Å². The number of hydrogen-bond donors (Lipinski definition) is 4. The molecule has 0 atom stereocenters. The van der Waals surface area contributed by atoms with Gasteiger partial charge in [-0.05, 0) is 48.9 Å². The number of hydrogen-bond acceptors (Lipinski definition) is 4. The summed E-state index contributed by atoms with van der Waals surface area (Å²) in [5, 5.41) is 5.58. The minimum atomic E-state index is -0.442. The van der Waals surface area contributed by atoms with Gasteiger partial charge in [0.05, 0.1) is 22.1 Å². The predicted octanol–water partition coefficient (Wildman–Crippen LogP) is 4.25. The number of aryl methyl sites for hydroxylation is 1. The lowest BCUT2D eigenvalue weighted by atomic mass is 10.2. The van der Waals surface area contributed by atoms with Gasteiger partial charge in [-0.2, -0.15) is 0 Å². The van der Waals surface area contributed by atoms with Crippen molar-refractivity contribution in [3.05, 3.63) is 84.9 Å². The van der Waals surface area contributed by atoms with Crippen LogP contribution in [0.5, 0.6) is 0 Å². The zero-order valence-electron chi connectivity index (χ0n) is 17.6. The molecule has 0 spiro atoms. The van der Waals surface area contributed by atoms with E-state index in [9.17, 15) is 9.59 Å². The molecule has 33 heavy (non-hydrogen) atoms. The van der Waals surface area contributed by atoms with Crippen LogP contribution in [0, 0.1) is 6.92 Å². The summed E-state index contributed by atoms with van der Waals surface area (Å²) >= 11 is 0. The van der Waals surface area contributed by atoms with E-state index in [1.165, 1.54) is 6.33 Å². The van der Waals surface area contributed by atoms with Gasteiger partial charge in [0.2, 0.25) is 0 Å². The Kier molecular flexibility index (Phi) is 5.07. The van der Waals surface area contributed by atoms with E-state index in [1.807, 2.05) is 61.5 Å². The molecule has 0 aliphatic heterocycles. The summed E-state index contributed by atoms with van der Waals surface area (Å²) in [6, 6.07) is 19.3. The van der Waals surface area contributed by atoms with Crippen LogP contribution in [0.25, 0.3) is 22.1 Å². The second kappa shape index (κ2) is 8.35. The van der Waals surface area contributed by atoms with Crippen LogP contribution in [-0.2, 0) is 0 Å². The zero-order valence-corrected chi connectivity index (χ0v) is 17.6. The van der Waals surface area contributed by atoms with Crippen molar-refractivity contribution in [2.24, 2.45) is 0 Å². The Labute approximate surface area is 188 Å². The van der Waals surface area contributed by atoms with E-state index in [1.54, 1.807) is 27.8 Å². The van der Waals surface area contributed by atoms with Gasteiger partial charge < -0.3 is 10.6 Å². The highest BCUT2D eigenvalue weighted by molar-refractivity contribution is 5.99. The van der Waals surface area contributed by atoms with Crippen LogP contribution in [-0.4, -0.2) is 31.4 Å². The molecule has 0 saturated heterocycles. The van der Waals surface area contributed by atoms with Crippen LogP contribution in [0.3, 0.4) is 0 Å². The lowest BCUT2D eigenvalue weighted by Gasteiger charge is -2.13. The Balaban J connectivity index is 1.26. The third kappa shape index (κ3) is 4.17. The second-order valence-electron chi connectivity index (χ2n) is 7.37. The molecule has 4 N–H and O–H groups in total. The summed E-state index contributed by atoms with van der Waals surface area (Å²) in [5.74, 6) is 0. The highest BCUT2D eigenvalue weighted by Gasteiger charge is 2.10. The number of amides is 4. The van der Waals surface area contributed by atoms with Crippen LogP contribution < -0.4 is 21.5 Å². The summed E-state index contributed by atoms with van der Waals surface area (Å²) in [5.41, 5.74) is 10.5. The first-order chi connectivity index (χ1) is 16.1. The minimum absolute atomic E-state index is 0.437. The summed E-state index contributed by atoms with van der Waals surface area (Å²) in [7, 11) is 0. The first-order valence-electron chi connectivity index (χ1n) is 10.2. The molecule has 0 aliphatic rings. The quantitative estimate of drug-likeness (QED) is 0.334. The molecule has 0 unspecified atom stereocenters. The normalized spacial score (nSPS) is 10.8. The molecule has 0 radical (unpaired) electrons. The van der Waals surface area contributed by atoms with Crippen molar-refractivity contribution < 1.29 is 9.59 Å². The zero-order chi connectivity index (χ0) is 22.8. The molecule has 4 amide bonds. The number of aromatic nitrogens is 4. The Morgan fingerprint density at radius 3 is 1.88 bits per heavy atom. The maximum absolute atomic E-state index is 12.6. The molecule has 2 aromatic heterocycles. The van der Waals surface area contributed by atoms with Gasteiger partial charge in [-0.15, -0.1) is 0 Å². The Morgan fingerprint density at radius 1 is 0.727 bits per heavy atom. The highest BCUT2D eigenvalue weighted by atomic mass is 16.2. The maximum Gasteiger partial charge on any atom is 0.338 e. The van der Waals surface area contributed by atoms with E-state index in [-0.39, 0.29) is 0 Å². The molecule has 164 valence electrons. The van der Waals surface area contributed by atoms with Gasteiger partial charge in [-0.25, -0.2) is 39.8 Å². The van der Waals surface area contributed by atoms with Crippen LogP contribution in [0.15, 0.2) is 79.4 Å². The second-order valence-corrected chi connectivity index (χ2v) is 7.37. The molecule has 0 saturated carbocycles. The molecule has 5 rings (SSSR count). The number of carbonyl (C=O) groups excluding carboxylic acids is 2. The average molecular weight is 440 g/mol. The molecule has 10 nitrogen and oxygen atoms in total. The first-order valence-corrected chi connectivity index (χ1v) is 10.2. The molecule has 2 heterocycles. The predicted molar refractivity (Wildman–Crippen MR) is 127 cm³/mol. The van der Waals surface area contributed by atoms with E-state index >= 15 is 0 Å². The summed E-state index contributed by atoms with van der Waals surface area (Å²) < 4.78 is 3.09. The van der Waals surface area contributed by atoms with Crippen LogP contribution in [0.2, 0.25) is 0 Å². The topological polar surface area (TPSA) is 118 Å². The molecule has 10 heteroatoms. The van der Waals surface area contributed by atoms with Crippen LogP contribution in [0.4, 0.5) is 21.0 Å². The Hall–Kier alpha value is -4.86. The highest BCUT2D eigenvalue weighted by Crippen LogP contribution is 2.21. The van der Waals surface area contributed by atoms with E-state index in [4.69, 9.17) is 0 Å². The van der Waals surface area contributed by atoms with Gasteiger partial charge in [-0.1, -0.05) is 30.3 Å². The molecule has 0 fully saturated rings. The lowest BCUT2D eigenvalue weighted by Crippen LogP contribution is -2.28. The number of anilines is 2. The fourth-order valence-corrected chi connectivity index (χ4v) is 3.46. The Bertz CT molecular complexity index is 1490. The van der Waals surface area contributed by atoms with Crippen molar-refractivity contribution in [2.45, 2.75) is 6.92 Å². The van der Waals surface area contributed by atoms with Gasteiger partial charge in [-0.3, -0.25) is 0 Å². The third-order valence-electron chi connectivity index (χ3n) is 5.09. The van der Waals surface area contributed by atoms with Crippen LogP contribution in [0.1, 0.15) is 5.56 Å². The van der Waals surface area contributed by atoms with Crippen molar-refractivity contribution in [2.75, 3.05) is 21.5 Å².